The molecule has 0 aromatic heterocycles. The van der Waals surface area contributed by atoms with Crippen LogP contribution < -0.4 is 15.9 Å². The summed E-state index contributed by atoms with van der Waals surface area (Å²) in [6.07, 6.45) is 10.5. The van der Waals surface area contributed by atoms with Crippen LogP contribution in [0.4, 0.5) is 0 Å². The van der Waals surface area contributed by atoms with E-state index in [-0.39, 0.29) is 0 Å². The molecule has 4 aromatic rings. The number of halogens is 2. The van der Waals surface area contributed by atoms with Crippen molar-refractivity contribution in [2.45, 2.75) is 39.5 Å². The Balaban J connectivity index is 0.000000221. The van der Waals surface area contributed by atoms with Gasteiger partial charge in [-0.15, -0.1) is 53.7 Å². The Labute approximate surface area is 228 Å². The summed E-state index contributed by atoms with van der Waals surface area (Å²) < 4.78 is 0. The number of allylic oxidation sites excluding steroid dienone is 4. The van der Waals surface area contributed by atoms with Gasteiger partial charge < -0.3 is 0 Å². The van der Waals surface area contributed by atoms with Crippen molar-refractivity contribution < 1.29 is 17.0 Å². The summed E-state index contributed by atoms with van der Waals surface area (Å²) >= 11 is -0.556. The fourth-order valence-electron chi connectivity index (χ4n) is 4.09. The van der Waals surface area contributed by atoms with Crippen LogP contribution in [0, 0.1) is 6.08 Å². The van der Waals surface area contributed by atoms with Gasteiger partial charge in [-0.05, 0) is 18.5 Å². The fourth-order valence-corrected chi connectivity index (χ4v) is 6.46. The molecule has 0 fully saturated rings. The third-order valence-corrected chi connectivity index (χ3v) is 8.27. The van der Waals surface area contributed by atoms with Crippen molar-refractivity contribution in [3.05, 3.63) is 120 Å². The molecule has 5 rings (SSSR count). The number of rotatable bonds is 6. The van der Waals surface area contributed by atoms with Crippen LogP contribution in [0.2, 0.25) is 0 Å². The second-order valence-electron chi connectivity index (χ2n) is 8.27. The monoisotopic (exact) mass is 552 g/mol. The minimum atomic E-state index is -0.556. The van der Waals surface area contributed by atoms with E-state index in [0.717, 1.165) is 6.42 Å². The normalized spacial score (nSPS) is 12.3. The molecule has 0 bridgehead atoms. The Morgan fingerprint density at radius 2 is 1.46 bits per heavy atom. The summed E-state index contributed by atoms with van der Waals surface area (Å²) in [5.74, 6) is 0. The number of hydrogen-bond acceptors (Lipinski definition) is 0. The smallest absolute Gasteiger partial charge is 0.0166 e. The molecule has 1 aliphatic rings. The molecule has 0 unspecified atom stereocenters. The first-order chi connectivity index (χ1) is 17.2. The summed E-state index contributed by atoms with van der Waals surface area (Å²) in [6.45, 7) is 4.42. The SMILES string of the molecule is CCCCC1=[C-]CC=C1C.[Cl][Ti][Cl].c1ccc(P(c2ccccc2)c2cc3ccccc3[cH-]2)cc1. The van der Waals surface area contributed by atoms with Gasteiger partial charge in [0.15, 0.2) is 0 Å². The van der Waals surface area contributed by atoms with Gasteiger partial charge in [-0.2, -0.15) is 12.1 Å². The molecule has 0 N–H and O–H groups in total. The van der Waals surface area contributed by atoms with Crippen LogP contribution in [0.25, 0.3) is 10.8 Å². The molecule has 0 heterocycles. The average molecular weight is 553 g/mol. The minimum Gasteiger partial charge on any atom is -0.160 e. The van der Waals surface area contributed by atoms with Crippen LogP contribution in [0.1, 0.15) is 39.5 Å². The van der Waals surface area contributed by atoms with Crippen molar-refractivity contribution in [1.29, 1.82) is 0 Å². The maximum atomic E-state index is 4.89. The van der Waals surface area contributed by atoms with E-state index in [4.69, 9.17) is 18.6 Å². The van der Waals surface area contributed by atoms with E-state index in [9.17, 15) is 0 Å². The Hall–Kier alpha value is -1.53. The zero-order valence-electron chi connectivity index (χ0n) is 20.3. The van der Waals surface area contributed by atoms with E-state index in [1.54, 1.807) is 0 Å². The van der Waals surface area contributed by atoms with Gasteiger partial charge in [0.05, 0.1) is 0 Å². The summed E-state index contributed by atoms with van der Waals surface area (Å²) in [4.78, 5) is 0. The van der Waals surface area contributed by atoms with Crippen molar-refractivity contribution in [2.24, 2.45) is 0 Å². The molecule has 0 nitrogen and oxygen atoms in total. The van der Waals surface area contributed by atoms with Crippen molar-refractivity contribution >= 4 is 53.2 Å². The van der Waals surface area contributed by atoms with E-state index >= 15 is 0 Å². The van der Waals surface area contributed by atoms with Gasteiger partial charge in [0.25, 0.3) is 0 Å². The zero-order chi connectivity index (χ0) is 24.9. The molecular formula is C31H31Cl2PTi-2. The first kappa shape index (κ1) is 28.1. The first-order valence-corrected chi connectivity index (χ1v) is 17.6. The van der Waals surface area contributed by atoms with Gasteiger partial charge in [0.1, 0.15) is 0 Å². The van der Waals surface area contributed by atoms with Gasteiger partial charge in [0, 0.05) is 0 Å². The molecule has 0 saturated heterocycles. The van der Waals surface area contributed by atoms with Crippen LogP contribution in [-0.4, -0.2) is 0 Å². The molecule has 0 radical (unpaired) electrons. The number of hydrogen-bond donors (Lipinski definition) is 0. The molecule has 0 saturated carbocycles. The second-order valence-corrected chi connectivity index (χ2v) is 13.1. The van der Waals surface area contributed by atoms with E-state index < -0.39 is 25.0 Å². The number of unbranched alkanes of at least 4 members (excludes halogenated alkanes) is 1. The predicted octanol–water partition coefficient (Wildman–Crippen LogP) is 8.95. The van der Waals surface area contributed by atoms with Gasteiger partial charge in [-0.3, -0.25) is 6.08 Å². The molecule has 4 aromatic carbocycles. The zero-order valence-corrected chi connectivity index (χ0v) is 24.3. The number of fused-ring (bicyclic) bond motifs is 1. The Bertz CT molecular complexity index is 1140. The van der Waals surface area contributed by atoms with Crippen molar-refractivity contribution in [3.63, 3.8) is 0 Å². The van der Waals surface area contributed by atoms with Gasteiger partial charge in [0.2, 0.25) is 0 Å². The summed E-state index contributed by atoms with van der Waals surface area (Å²) in [6, 6.07) is 35.0. The molecule has 0 atom stereocenters. The molecule has 1 aliphatic carbocycles. The Morgan fingerprint density at radius 1 is 0.886 bits per heavy atom. The average Bonchev–Trinajstić information content (AvgIpc) is 3.51. The molecular weight excluding hydrogens is 522 g/mol. The Kier molecular flexibility index (Phi) is 12.5. The van der Waals surface area contributed by atoms with Crippen LogP contribution >= 0.6 is 26.5 Å². The van der Waals surface area contributed by atoms with Crippen molar-refractivity contribution in [1.82, 2.24) is 0 Å². The molecule has 0 amide bonds. The quantitative estimate of drug-likeness (QED) is 0.127. The third-order valence-electron chi connectivity index (χ3n) is 5.87. The third kappa shape index (κ3) is 8.53. The molecule has 35 heavy (non-hydrogen) atoms. The van der Waals surface area contributed by atoms with Crippen LogP contribution in [0.15, 0.2) is 114 Å². The van der Waals surface area contributed by atoms with E-state index in [0.29, 0.717) is 0 Å². The molecule has 180 valence electrons. The summed E-state index contributed by atoms with van der Waals surface area (Å²) in [5.41, 5.74) is 2.91. The fraction of sp³-hybridized carbons (Fsp3) is 0.194. The van der Waals surface area contributed by atoms with E-state index in [2.05, 4.69) is 123 Å². The van der Waals surface area contributed by atoms with Crippen molar-refractivity contribution in [2.75, 3.05) is 0 Å². The number of benzene rings is 3. The summed E-state index contributed by atoms with van der Waals surface area (Å²) in [5, 5.41) is 6.89. The van der Waals surface area contributed by atoms with Crippen LogP contribution in [0.3, 0.4) is 0 Å². The Morgan fingerprint density at radius 3 is 1.97 bits per heavy atom. The maximum absolute atomic E-state index is 4.89. The van der Waals surface area contributed by atoms with E-state index in [1.807, 2.05) is 0 Å². The van der Waals surface area contributed by atoms with Gasteiger partial charge >= 0.3 is 35.6 Å². The van der Waals surface area contributed by atoms with Crippen LogP contribution in [-0.2, 0) is 17.0 Å². The minimum absolute atomic E-state index is 0.493. The molecule has 4 heteroatoms. The standard InChI is InChI=1S/C21H16P.C10H15.2ClH.Ti/c1-3-11-19(12-4-1)22(20-13-5-2-6-14-20)21-15-17-9-7-8-10-18(17)16-21;1-3-4-7-10-8-5-6-9(10)2;;;/h1-16H;6H,3-5,7H2,1-2H3;2*1H;/q2*-1;;;+2/p-2. The largest absolute Gasteiger partial charge is 0.160 e. The van der Waals surface area contributed by atoms with Crippen LogP contribution in [0.5, 0.6) is 0 Å². The molecule has 0 spiro atoms. The van der Waals surface area contributed by atoms with Crippen molar-refractivity contribution in [3.8, 4) is 0 Å². The predicted molar refractivity (Wildman–Crippen MR) is 155 cm³/mol. The maximum Gasteiger partial charge on any atom is -0.0166 e. The molecule has 0 aliphatic heterocycles. The topological polar surface area (TPSA) is 0 Å². The van der Waals surface area contributed by atoms with Gasteiger partial charge in [-0.25, -0.2) is 11.1 Å². The van der Waals surface area contributed by atoms with E-state index in [1.165, 1.54) is 57.1 Å². The first-order valence-electron chi connectivity index (χ1n) is 12.0. The summed E-state index contributed by atoms with van der Waals surface area (Å²) in [7, 11) is 9.28. The second kappa shape index (κ2) is 15.6. The van der Waals surface area contributed by atoms with Gasteiger partial charge in [-0.1, -0.05) is 92.9 Å².